The SMILES string of the molecule is NS(=O)(=O)c1ccc(N2CCCC(n3cccn3)C2)c([N+](=O)[O-])c1. The number of aromatic nitrogens is 2. The van der Waals surface area contributed by atoms with Gasteiger partial charge >= 0.3 is 0 Å². The first-order valence-electron chi connectivity index (χ1n) is 7.41. The summed E-state index contributed by atoms with van der Waals surface area (Å²) in [7, 11) is -3.99. The molecule has 128 valence electrons. The minimum atomic E-state index is -3.99. The molecule has 0 spiro atoms. The van der Waals surface area contributed by atoms with Gasteiger partial charge in [0.2, 0.25) is 10.0 Å². The molecule has 1 aliphatic heterocycles. The fourth-order valence-corrected chi connectivity index (χ4v) is 3.51. The Morgan fingerprint density at radius 1 is 1.38 bits per heavy atom. The van der Waals surface area contributed by atoms with Crippen LogP contribution in [0.1, 0.15) is 18.9 Å². The fourth-order valence-electron chi connectivity index (χ4n) is 2.98. The lowest BCUT2D eigenvalue weighted by molar-refractivity contribution is -0.384. The second-order valence-corrected chi connectivity index (χ2v) is 7.24. The summed E-state index contributed by atoms with van der Waals surface area (Å²) in [6.45, 7) is 1.23. The number of anilines is 1. The average molecular weight is 351 g/mol. The van der Waals surface area contributed by atoms with Crippen LogP contribution in [0.15, 0.2) is 41.6 Å². The smallest absolute Gasteiger partial charge is 0.293 e. The van der Waals surface area contributed by atoms with Crippen molar-refractivity contribution in [2.45, 2.75) is 23.8 Å². The monoisotopic (exact) mass is 351 g/mol. The zero-order valence-electron chi connectivity index (χ0n) is 12.8. The van der Waals surface area contributed by atoms with Gasteiger partial charge in [-0.15, -0.1) is 0 Å². The van der Waals surface area contributed by atoms with Crippen molar-refractivity contribution in [2.24, 2.45) is 5.14 Å². The van der Waals surface area contributed by atoms with Crippen molar-refractivity contribution in [3.05, 3.63) is 46.8 Å². The molecule has 10 heteroatoms. The standard InChI is InChI=1S/C14H17N5O4S/c15-24(22,23)12-4-5-13(14(9-12)19(20)21)17-7-1-3-11(10-17)18-8-2-6-16-18/h2,4-6,8-9,11H,1,3,7,10H2,(H2,15,22,23). The van der Waals surface area contributed by atoms with Gasteiger partial charge in [0.05, 0.1) is 15.9 Å². The molecule has 0 saturated carbocycles. The van der Waals surface area contributed by atoms with Crippen molar-refractivity contribution < 1.29 is 13.3 Å². The molecule has 3 rings (SSSR count). The van der Waals surface area contributed by atoms with Crippen molar-refractivity contribution in [2.75, 3.05) is 18.0 Å². The molecular weight excluding hydrogens is 334 g/mol. The van der Waals surface area contributed by atoms with Crippen molar-refractivity contribution in [1.82, 2.24) is 9.78 Å². The van der Waals surface area contributed by atoms with Gasteiger partial charge < -0.3 is 4.90 Å². The van der Waals surface area contributed by atoms with Crippen LogP contribution in [0.5, 0.6) is 0 Å². The third-order valence-corrected chi connectivity index (χ3v) is 5.02. The molecule has 1 unspecified atom stereocenters. The van der Waals surface area contributed by atoms with E-state index >= 15 is 0 Å². The van der Waals surface area contributed by atoms with Gasteiger partial charge in [0.25, 0.3) is 5.69 Å². The molecule has 1 aromatic carbocycles. The first-order chi connectivity index (χ1) is 11.4. The van der Waals surface area contributed by atoms with E-state index in [-0.39, 0.29) is 16.6 Å². The van der Waals surface area contributed by atoms with E-state index in [4.69, 9.17) is 5.14 Å². The second kappa shape index (κ2) is 6.21. The van der Waals surface area contributed by atoms with E-state index in [0.29, 0.717) is 18.8 Å². The number of benzene rings is 1. The van der Waals surface area contributed by atoms with Gasteiger partial charge in [-0.1, -0.05) is 0 Å². The molecule has 1 atom stereocenters. The molecule has 2 heterocycles. The summed E-state index contributed by atoms with van der Waals surface area (Å²) in [6.07, 6.45) is 5.36. The molecule has 0 radical (unpaired) electrons. The topological polar surface area (TPSA) is 124 Å². The van der Waals surface area contributed by atoms with E-state index in [1.807, 2.05) is 21.8 Å². The fraction of sp³-hybridized carbons (Fsp3) is 0.357. The number of rotatable bonds is 4. The van der Waals surface area contributed by atoms with Crippen LogP contribution in [0.25, 0.3) is 0 Å². The quantitative estimate of drug-likeness (QED) is 0.653. The van der Waals surface area contributed by atoms with Crippen molar-refractivity contribution >= 4 is 21.4 Å². The Bertz CT molecular complexity index is 850. The van der Waals surface area contributed by atoms with Crippen molar-refractivity contribution in [3.63, 3.8) is 0 Å². The summed E-state index contributed by atoms with van der Waals surface area (Å²) in [5, 5.41) is 20.7. The van der Waals surface area contributed by atoms with Gasteiger partial charge in [0, 0.05) is 31.5 Å². The highest BCUT2D eigenvalue weighted by Crippen LogP contribution is 2.34. The van der Waals surface area contributed by atoms with Crippen molar-refractivity contribution in [1.29, 1.82) is 0 Å². The van der Waals surface area contributed by atoms with Crippen LogP contribution >= 0.6 is 0 Å². The summed E-state index contributed by atoms with van der Waals surface area (Å²) in [5.41, 5.74) is 0.131. The molecule has 2 aromatic rings. The summed E-state index contributed by atoms with van der Waals surface area (Å²) in [6, 6.07) is 5.72. The Labute approximate surface area is 138 Å². The van der Waals surface area contributed by atoms with Crippen LogP contribution < -0.4 is 10.0 Å². The molecule has 1 aromatic heterocycles. The Kier molecular flexibility index (Phi) is 4.24. The summed E-state index contributed by atoms with van der Waals surface area (Å²) in [4.78, 5) is 12.4. The van der Waals surface area contributed by atoms with Gasteiger partial charge in [-0.05, 0) is 31.0 Å². The van der Waals surface area contributed by atoms with Gasteiger partial charge in [-0.2, -0.15) is 5.10 Å². The zero-order chi connectivity index (χ0) is 17.3. The third kappa shape index (κ3) is 3.24. The maximum atomic E-state index is 11.4. The number of primary sulfonamides is 1. The van der Waals surface area contributed by atoms with E-state index in [9.17, 15) is 18.5 Å². The highest BCUT2D eigenvalue weighted by atomic mass is 32.2. The lowest BCUT2D eigenvalue weighted by Gasteiger charge is -2.34. The molecular formula is C14H17N5O4S. The third-order valence-electron chi connectivity index (χ3n) is 4.11. The predicted molar refractivity (Wildman–Crippen MR) is 87.2 cm³/mol. The van der Waals surface area contributed by atoms with E-state index < -0.39 is 14.9 Å². The van der Waals surface area contributed by atoms with E-state index in [1.165, 1.54) is 12.1 Å². The number of nitrogens with two attached hydrogens (primary N) is 1. The average Bonchev–Trinajstić information content (AvgIpc) is 3.08. The van der Waals surface area contributed by atoms with Crippen LogP contribution in [-0.2, 0) is 10.0 Å². The lowest BCUT2D eigenvalue weighted by Crippen LogP contribution is -2.37. The minimum Gasteiger partial charge on any atom is -0.364 e. The number of piperidine rings is 1. The highest BCUT2D eigenvalue weighted by molar-refractivity contribution is 7.89. The summed E-state index contributed by atoms with van der Waals surface area (Å²) < 4.78 is 24.7. The first kappa shape index (κ1) is 16.4. The number of sulfonamides is 1. The first-order valence-corrected chi connectivity index (χ1v) is 8.96. The van der Waals surface area contributed by atoms with Gasteiger partial charge in [0.15, 0.2) is 0 Å². The number of hydrogen-bond acceptors (Lipinski definition) is 6. The number of nitrogens with zero attached hydrogens (tertiary/aromatic N) is 4. The van der Waals surface area contributed by atoms with Gasteiger partial charge in [0.1, 0.15) is 5.69 Å². The largest absolute Gasteiger partial charge is 0.364 e. The summed E-state index contributed by atoms with van der Waals surface area (Å²) >= 11 is 0. The molecule has 2 N–H and O–H groups in total. The van der Waals surface area contributed by atoms with Crippen LogP contribution in [0.2, 0.25) is 0 Å². The van der Waals surface area contributed by atoms with Crippen molar-refractivity contribution in [3.8, 4) is 0 Å². The molecule has 0 bridgehead atoms. The van der Waals surface area contributed by atoms with Crippen LogP contribution in [0.4, 0.5) is 11.4 Å². The Balaban J connectivity index is 1.94. The minimum absolute atomic E-state index is 0.117. The molecule has 0 aliphatic carbocycles. The Morgan fingerprint density at radius 3 is 2.79 bits per heavy atom. The second-order valence-electron chi connectivity index (χ2n) is 5.68. The van der Waals surface area contributed by atoms with E-state index in [1.54, 1.807) is 6.20 Å². The van der Waals surface area contributed by atoms with Crippen LogP contribution in [0.3, 0.4) is 0 Å². The molecule has 0 amide bonds. The zero-order valence-corrected chi connectivity index (χ0v) is 13.6. The number of nitro groups is 1. The van der Waals surface area contributed by atoms with Crippen LogP contribution in [0, 0.1) is 10.1 Å². The molecule has 24 heavy (non-hydrogen) atoms. The van der Waals surface area contributed by atoms with Crippen LogP contribution in [-0.4, -0.2) is 36.2 Å². The molecule has 9 nitrogen and oxygen atoms in total. The van der Waals surface area contributed by atoms with E-state index in [2.05, 4.69) is 5.10 Å². The number of nitro benzene ring substituents is 1. The lowest BCUT2D eigenvalue weighted by atomic mass is 10.0. The molecule has 1 aliphatic rings. The Morgan fingerprint density at radius 2 is 2.17 bits per heavy atom. The van der Waals surface area contributed by atoms with Gasteiger partial charge in [-0.3, -0.25) is 14.8 Å². The number of hydrogen-bond donors (Lipinski definition) is 1. The molecule has 1 saturated heterocycles. The van der Waals surface area contributed by atoms with E-state index in [0.717, 1.165) is 18.9 Å². The molecule has 1 fully saturated rings. The maximum absolute atomic E-state index is 11.4. The highest BCUT2D eigenvalue weighted by Gasteiger charge is 2.28. The maximum Gasteiger partial charge on any atom is 0.293 e. The van der Waals surface area contributed by atoms with Gasteiger partial charge in [-0.25, -0.2) is 13.6 Å². The predicted octanol–water partition coefficient (Wildman–Crippen LogP) is 1.28. The Hall–Kier alpha value is -2.46. The summed E-state index contributed by atoms with van der Waals surface area (Å²) in [5.74, 6) is 0. The normalized spacial score (nSPS) is 18.5.